The summed E-state index contributed by atoms with van der Waals surface area (Å²) < 4.78 is 0. The van der Waals surface area contributed by atoms with Gasteiger partial charge >= 0.3 is 0 Å². The molecule has 1 saturated heterocycles. The number of carbonyl (C=O) groups is 2. The van der Waals surface area contributed by atoms with Gasteiger partial charge in [0.2, 0.25) is 11.8 Å². The van der Waals surface area contributed by atoms with Crippen LogP contribution in [-0.2, 0) is 9.59 Å². The zero-order valence-corrected chi connectivity index (χ0v) is 15.7. The van der Waals surface area contributed by atoms with E-state index in [4.69, 9.17) is 5.73 Å². The molecule has 0 saturated carbocycles. The molecule has 3 N–H and O–H groups in total. The Kier molecular flexibility index (Phi) is 6.24. The van der Waals surface area contributed by atoms with Crippen LogP contribution < -0.4 is 11.1 Å². The third-order valence-corrected chi connectivity index (χ3v) is 5.23. The summed E-state index contributed by atoms with van der Waals surface area (Å²) >= 11 is 0. The van der Waals surface area contributed by atoms with Crippen LogP contribution in [0.25, 0.3) is 0 Å². The lowest BCUT2D eigenvalue weighted by Gasteiger charge is -2.28. The third kappa shape index (κ3) is 4.74. The average molecular weight is 365 g/mol. The van der Waals surface area contributed by atoms with E-state index in [-0.39, 0.29) is 29.8 Å². The Balaban J connectivity index is 1.72. The highest BCUT2D eigenvalue weighted by molar-refractivity contribution is 5.80. The summed E-state index contributed by atoms with van der Waals surface area (Å²) in [7, 11) is 0. The molecule has 3 unspecified atom stereocenters. The lowest BCUT2D eigenvalue weighted by Crippen LogP contribution is -2.42. The lowest BCUT2D eigenvalue weighted by molar-refractivity contribution is -0.130. The molecule has 0 radical (unpaired) electrons. The number of nitrogens with two attached hydrogens (primary N) is 1. The SMILES string of the molecule is CC(C(=O)NC(CN1CCCC1=O)c1ccccc1)C(N)c1ccccc1. The number of rotatable bonds is 7. The van der Waals surface area contributed by atoms with Crippen LogP contribution in [0.3, 0.4) is 0 Å². The van der Waals surface area contributed by atoms with Crippen molar-refractivity contribution in [3.8, 4) is 0 Å². The molecule has 0 bridgehead atoms. The van der Waals surface area contributed by atoms with Gasteiger partial charge in [-0.3, -0.25) is 9.59 Å². The smallest absolute Gasteiger partial charge is 0.225 e. The van der Waals surface area contributed by atoms with E-state index >= 15 is 0 Å². The van der Waals surface area contributed by atoms with Crippen molar-refractivity contribution in [1.29, 1.82) is 0 Å². The molecule has 1 aliphatic heterocycles. The van der Waals surface area contributed by atoms with E-state index in [9.17, 15) is 9.59 Å². The van der Waals surface area contributed by atoms with E-state index in [1.54, 1.807) is 0 Å². The summed E-state index contributed by atoms with van der Waals surface area (Å²) in [5.41, 5.74) is 8.24. The van der Waals surface area contributed by atoms with Crippen LogP contribution in [0.4, 0.5) is 0 Å². The second kappa shape index (κ2) is 8.82. The van der Waals surface area contributed by atoms with Gasteiger partial charge in [0.1, 0.15) is 0 Å². The molecule has 2 aromatic rings. The van der Waals surface area contributed by atoms with Crippen molar-refractivity contribution in [2.75, 3.05) is 13.1 Å². The normalized spacial score (nSPS) is 17.4. The van der Waals surface area contributed by atoms with Crippen LogP contribution in [0.5, 0.6) is 0 Å². The van der Waals surface area contributed by atoms with Crippen LogP contribution in [0.15, 0.2) is 60.7 Å². The predicted molar refractivity (Wildman–Crippen MR) is 106 cm³/mol. The maximum absolute atomic E-state index is 12.9. The first-order valence-electron chi connectivity index (χ1n) is 9.50. The minimum Gasteiger partial charge on any atom is -0.347 e. The van der Waals surface area contributed by atoms with Gasteiger partial charge in [0.05, 0.1) is 12.0 Å². The first-order valence-corrected chi connectivity index (χ1v) is 9.50. The Bertz CT molecular complexity index is 764. The van der Waals surface area contributed by atoms with Crippen molar-refractivity contribution >= 4 is 11.8 Å². The number of carbonyl (C=O) groups excluding carboxylic acids is 2. The van der Waals surface area contributed by atoms with E-state index < -0.39 is 0 Å². The highest BCUT2D eigenvalue weighted by Gasteiger charge is 2.28. The Morgan fingerprint density at radius 3 is 2.22 bits per heavy atom. The predicted octanol–water partition coefficient (Wildman–Crippen LogP) is 2.80. The quantitative estimate of drug-likeness (QED) is 0.792. The van der Waals surface area contributed by atoms with Crippen LogP contribution in [0.1, 0.15) is 43.0 Å². The summed E-state index contributed by atoms with van der Waals surface area (Å²) in [6.07, 6.45) is 1.47. The second-order valence-electron chi connectivity index (χ2n) is 7.14. The van der Waals surface area contributed by atoms with Gasteiger partial charge in [0.15, 0.2) is 0 Å². The molecule has 27 heavy (non-hydrogen) atoms. The van der Waals surface area contributed by atoms with E-state index in [0.29, 0.717) is 13.0 Å². The van der Waals surface area contributed by atoms with E-state index in [1.165, 1.54) is 0 Å². The monoisotopic (exact) mass is 365 g/mol. The van der Waals surface area contributed by atoms with Gasteiger partial charge < -0.3 is 16.0 Å². The molecule has 0 aromatic heterocycles. The van der Waals surface area contributed by atoms with E-state index in [2.05, 4.69) is 5.32 Å². The molecular formula is C22H27N3O2. The van der Waals surface area contributed by atoms with Crippen molar-refractivity contribution in [3.63, 3.8) is 0 Å². The number of hydrogen-bond acceptors (Lipinski definition) is 3. The van der Waals surface area contributed by atoms with E-state index in [1.807, 2.05) is 72.5 Å². The topological polar surface area (TPSA) is 75.4 Å². The number of nitrogens with zero attached hydrogens (tertiary/aromatic N) is 1. The number of nitrogens with one attached hydrogen (secondary N) is 1. The summed E-state index contributed by atoms with van der Waals surface area (Å²) in [6.45, 7) is 3.08. The molecule has 1 fully saturated rings. The molecule has 3 rings (SSSR count). The fourth-order valence-corrected chi connectivity index (χ4v) is 3.47. The average Bonchev–Trinajstić information content (AvgIpc) is 3.12. The number of benzene rings is 2. The fourth-order valence-electron chi connectivity index (χ4n) is 3.47. The van der Waals surface area contributed by atoms with Crippen molar-refractivity contribution in [2.24, 2.45) is 11.7 Å². The Labute approximate surface area is 160 Å². The molecule has 2 amide bonds. The summed E-state index contributed by atoms with van der Waals surface area (Å²) in [5, 5.41) is 3.12. The van der Waals surface area contributed by atoms with E-state index in [0.717, 1.165) is 24.1 Å². The molecule has 0 spiro atoms. The van der Waals surface area contributed by atoms with Crippen molar-refractivity contribution in [3.05, 3.63) is 71.8 Å². The minimum absolute atomic E-state index is 0.105. The van der Waals surface area contributed by atoms with Gasteiger partial charge in [-0.05, 0) is 17.5 Å². The Morgan fingerprint density at radius 2 is 1.67 bits per heavy atom. The zero-order chi connectivity index (χ0) is 19.2. The summed E-state index contributed by atoms with van der Waals surface area (Å²) in [5.74, 6) is -0.334. The van der Waals surface area contributed by atoms with Crippen molar-refractivity contribution in [1.82, 2.24) is 10.2 Å². The molecule has 2 aromatic carbocycles. The standard InChI is InChI=1S/C22H27N3O2/c1-16(21(23)18-11-6-3-7-12-18)22(27)24-19(17-9-4-2-5-10-17)15-25-14-8-13-20(25)26/h2-7,9-12,16,19,21H,8,13-15,23H2,1H3,(H,24,27). The first-order chi connectivity index (χ1) is 13.1. The van der Waals surface area contributed by atoms with Crippen molar-refractivity contribution in [2.45, 2.75) is 31.8 Å². The Hall–Kier alpha value is -2.66. The van der Waals surface area contributed by atoms with Gasteiger partial charge in [-0.25, -0.2) is 0 Å². The lowest BCUT2D eigenvalue weighted by atomic mass is 9.94. The Morgan fingerprint density at radius 1 is 1.07 bits per heavy atom. The van der Waals surface area contributed by atoms with Gasteiger partial charge in [-0.15, -0.1) is 0 Å². The van der Waals surface area contributed by atoms with Crippen LogP contribution in [0, 0.1) is 5.92 Å². The first kappa shape index (κ1) is 19.1. The molecule has 0 aliphatic carbocycles. The summed E-state index contributed by atoms with van der Waals surface area (Å²) in [4.78, 5) is 26.8. The number of likely N-dealkylation sites (tertiary alicyclic amines) is 1. The molecule has 3 atom stereocenters. The second-order valence-corrected chi connectivity index (χ2v) is 7.14. The molecule has 1 aliphatic rings. The van der Waals surface area contributed by atoms with Gasteiger partial charge in [0, 0.05) is 25.6 Å². The molecular weight excluding hydrogens is 338 g/mol. The van der Waals surface area contributed by atoms with Crippen LogP contribution in [-0.4, -0.2) is 29.8 Å². The fraction of sp³-hybridized carbons (Fsp3) is 0.364. The highest BCUT2D eigenvalue weighted by atomic mass is 16.2. The molecule has 5 heteroatoms. The third-order valence-electron chi connectivity index (χ3n) is 5.23. The van der Waals surface area contributed by atoms with Gasteiger partial charge in [-0.1, -0.05) is 67.6 Å². The van der Waals surface area contributed by atoms with Crippen LogP contribution >= 0.6 is 0 Å². The molecule has 5 nitrogen and oxygen atoms in total. The van der Waals surface area contributed by atoms with Gasteiger partial charge in [0.25, 0.3) is 0 Å². The van der Waals surface area contributed by atoms with Gasteiger partial charge in [-0.2, -0.15) is 0 Å². The molecule has 1 heterocycles. The minimum atomic E-state index is -0.382. The highest BCUT2D eigenvalue weighted by Crippen LogP contribution is 2.22. The van der Waals surface area contributed by atoms with Crippen LogP contribution in [0.2, 0.25) is 0 Å². The van der Waals surface area contributed by atoms with Crippen molar-refractivity contribution < 1.29 is 9.59 Å². The number of hydrogen-bond donors (Lipinski definition) is 2. The maximum atomic E-state index is 12.9. The number of amides is 2. The maximum Gasteiger partial charge on any atom is 0.225 e. The largest absolute Gasteiger partial charge is 0.347 e. The summed E-state index contributed by atoms with van der Waals surface area (Å²) in [6, 6.07) is 18.8. The molecule has 142 valence electrons. The zero-order valence-electron chi connectivity index (χ0n) is 15.7.